The van der Waals surface area contributed by atoms with E-state index in [2.05, 4.69) is 39.9 Å². The second kappa shape index (κ2) is 3.23. The molecule has 0 aliphatic carbocycles. The molecule has 0 spiro atoms. The van der Waals surface area contributed by atoms with Crippen LogP contribution < -0.4 is 5.32 Å². The van der Waals surface area contributed by atoms with Crippen LogP contribution >= 0.6 is 0 Å². The van der Waals surface area contributed by atoms with Gasteiger partial charge in [-0.2, -0.15) is 0 Å². The maximum atomic E-state index is 4.89. The van der Waals surface area contributed by atoms with Gasteiger partial charge in [-0.05, 0) is 52.9 Å². The second-order valence-electron chi connectivity index (χ2n) is 6.64. The van der Waals surface area contributed by atoms with Crippen molar-refractivity contribution in [1.29, 1.82) is 0 Å². The lowest BCUT2D eigenvalue weighted by Gasteiger charge is -2.46. The fourth-order valence-electron chi connectivity index (χ4n) is 3.13. The molecule has 0 saturated carbocycles. The van der Waals surface area contributed by atoms with Crippen molar-refractivity contribution in [3.05, 3.63) is 0 Å². The molecular formula is C13H24N2. The molecular weight excluding hydrogens is 184 g/mol. The molecule has 0 unspecified atom stereocenters. The molecule has 2 nitrogen and oxygen atoms in total. The highest BCUT2D eigenvalue weighted by Gasteiger charge is 2.40. The maximum absolute atomic E-state index is 4.89. The first kappa shape index (κ1) is 11.0. The van der Waals surface area contributed by atoms with Crippen LogP contribution in [0.2, 0.25) is 0 Å². The number of nitrogens with one attached hydrogen (secondary N) is 1. The zero-order valence-corrected chi connectivity index (χ0v) is 10.7. The first-order valence-electron chi connectivity index (χ1n) is 6.17. The zero-order valence-electron chi connectivity index (χ0n) is 10.7. The summed E-state index contributed by atoms with van der Waals surface area (Å²) in [5.41, 5.74) is 0.369. The number of rotatable bonds is 0. The van der Waals surface area contributed by atoms with Gasteiger partial charge in [0.1, 0.15) is 5.84 Å². The molecule has 2 heteroatoms. The van der Waals surface area contributed by atoms with Gasteiger partial charge in [0.2, 0.25) is 0 Å². The molecule has 0 amide bonds. The fraction of sp³-hybridized carbons (Fsp3) is 0.923. The number of hydrogen-bond acceptors (Lipinski definition) is 2. The molecule has 2 aliphatic heterocycles. The van der Waals surface area contributed by atoms with Gasteiger partial charge < -0.3 is 5.32 Å². The molecule has 0 aromatic heterocycles. The van der Waals surface area contributed by atoms with Crippen molar-refractivity contribution >= 4 is 5.84 Å². The second-order valence-corrected chi connectivity index (χ2v) is 6.64. The van der Waals surface area contributed by atoms with Gasteiger partial charge in [-0.1, -0.05) is 6.92 Å². The van der Waals surface area contributed by atoms with Gasteiger partial charge in [0.05, 0.1) is 5.54 Å². The van der Waals surface area contributed by atoms with Crippen molar-refractivity contribution in [2.45, 2.75) is 65.0 Å². The Labute approximate surface area is 93.6 Å². The molecule has 0 aromatic carbocycles. The standard InChI is InChI=1S/C13H24N2/c1-9-8-13(4,5)15-11-10(9)6-7-12(2,3)14-11/h9-10H,6-8H2,1-5H3,(H,14,15)/t9-,10+/m0/s1. The van der Waals surface area contributed by atoms with Gasteiger partial charge in [-0.15, -0.1) is 0 Å². The molecule has 86 valence electrons. The molecule has 2 heterocycles. The van der Waals surface area contributed by atoms with Gasteiger partial charge in [-0.25, -0.2) is 0 Å². The molecule has 0 bridgehead atoms. The Morgan fingerprint density at radius 2 is 1.93 bits per heavy atom. The van der Waals surface area contributed by atoms with Crippen LogP contribution in [-0.4, -0.2) is 16.9 Å². The van der Waals surface area contributed by atoms with Crippen molar-refractivity contribution < 1.29 is 0 Å². The number of aliphatic imine (C=N–C) groups is 1. The summed E-state index contributed by atoms with van der Waals surface area (Å²) < 4.78 is 0. The van der Waals surface area contributed by atoms with Crippen LogP contribution in [0.5, 0.6) is 0 Å². The summed E-state index contributed by atoms with van der Waals surface area (Å²) in [4.78, 5) is 4.89. The summed E-state index contributed by atoms with van der Waals surface area (Å²) in [6.45, 7) is 11.4. The molecule has 1 fully saturated rings. The predicted octanol–water partition coefficient (Wildman–Crippen LogP) is 2.98. The van der Waals surface area contributed by atoms with Crippen molar-refractivity contribution in [2.24, 2.45) is 16.8 Å². The summed E-state index contributed by atoms with van der Waals surface area (Å²) in [5, 5.41) is 3.63. The number of fused-ring (bicyclic) bond motifs is 1. The summed E-state index contributed by atoms with van der Waals surface area (Å²) in [6, 6.07) is 0. The van der Waals surface area contributed by atoms with Crippen LogP contribution in [0.15, 0.2) is 4.99 Å². The smallest absolute Gasteiger partial charge is 0.101 e. The van der Waals surface area contributed by atoms with E-state index in [1.165, 1.54) is 25.1 Å². The van der Waals surface area contributed by atoms with E-state index in [4.69, 9.17) is 4.99 Å². The summed E-state index contributed by atoms with van der Waals surface area (Å²) >= 11 is 0. The normalized spacial score (nSPS) is 37.5. The van der Waals surface area contributed by atoms with Crippen LogP contribution in [0.3, 0.4) is 0 Å². The third-order valence-corrected chi connectivity index (χ3v) is 3.83. The van der Waals surface area contributed by atoms with E-state index in [0.717, 1.165) is 5.92 Å². The number of piperidine rings is 1. The number of hydrogen-bond donors (Lipinski definition) is 1. The quantitative estimate of drug-likeness (QED) is 0.650. The maximum Gasteiger partial charge on any atom is 0.101 e. The Morgan fingerprint density at radius 1 is 1.27 bits per heavy atom. The van der Waals surface area contributed by atoms with E-state index in [-0.39, 0.29) is 11.1 Å². The fourth-order valence-corrected chi connectivity index (χ4v) is 3.13. The average Bonchev–Trinajstić information content (AvgIpc) is 1.97. The van der Waals surface area contributed by atoms with Crippen molar-refractivity contribution in [1.82, 2.24) is 5.32 Å². The van der Waals surface area contributed by atoms with E-state index in [9.17, 15) is 0 Å². The molecule has 1 N–H and O–H groups in total. The topological polar surface area (TPSA) is 24.4 Å². The van der Waals surface area contributed by atoms with Gasteiger partial charge in [0, 0.05) is 11.5 Å². The van der Waals surface area contributed by atoms with Crippen molar-refractivity contribution in [2.75, 3.05) is 0 Å². The lowest BCUT2D eigenvalue weighted by molar-refractivity contribution is 0.227. The number of amidine groups is 1. The highest BCUT2D eigenvalue weighted by molar-refractivity contribution is 5.87. The van der Waals surface area contributed by atoms with Crippen LogP contribution in [0.1, 0.15) is 53.9 Å². The lowest BCUT2D eigenvalue weighted by Crippen LogP contribution is -2.56. The van der Waals surface area contributed by atoms with Gasteiger partial charge in [0.25, 0.3) is 0 Å². The third kappa shape index (κ3) is 2.19. The van der Waals surface area contributed by atoms with E-state index >= 15 is 0 Å². The Morgan fingerprint density at radius 3 is 2.60 bits per heavy atom. The van der Waals surface area contributed by atoms with Crippen molar-refractivity contribution in [3.63, 3.8) is 0 Å². The Bertz CT molecular complexity index is 289. The van der Waals surface area contributed by atoms with Crippen LogP contribution in [0, 0.1) is 11.8 Å². The van der Waals surface area contributed by atoms with Crippen LogP contribution in [-0.2, 0) is 0 Å². The molecule has 1 saturated heterocycles. The molecule has 2 aliphatic rings. The highest BCUT2D eigenvalue weighted by atomic mass is 15.1. The minimum Gasteiger partial charge on any atom is -0.369 e. The SMILES string of the molecule is C[C@H]1CC(C)(C)NC2=NC(C)(C)CC[C@@H]21. The first-order valence-corrected chi connectivity index (χ1v) is 6.17. The summed E-state index contributed by atoms with van der Waals surface area (Å²) in [6.07, 6.45) is 3.79. The minimum absolute atomic E-state index is 0.145. The minimum atomic E-state index is 0.145. The summed E-state index contributed by atoms with van der Waals surface area (Å²) in [5.74, 6) is 2.73. The Kier molecular flexibility index (Phi) is 2.36. The molecule has 2 atom stereocenters. The highest BCUT2D eigenvalue weighted by Crippen LogP contribution is 2.37. The van der Waals surface area contributed by atoms with Crippen LogP contribution in [0.25, 0.3) is 0 Å². The molecule has 2 rings (SSSR count). The molecule has 0 radical (unpaired) electrons. The lowest BCUT2D eigenvalue weighted by atomic mass is 9.73. The van der Waals surface area contributed by atoms with Gasteiger partial charge in [-0.3, -0.25) is 4.99 Å². The zero-order chi connectivity index (χ0) is 11.3. The third-order valence-electron chi connectivity index (χ3n) is 3.83. The Balaban J connectivity index is 2.27. The largest absolute Gasteiger partial charge is 0.369 e. The Hall–Kier alpha value is -0.530. The molecule has 0 aromatic rings. The van der Waals surface area contributed by atoms with E-state index < -0.39 is 0 Å². The van der Waals surface area contributed by atoms with Gasteiger partial charge in [0.15, 0.2) is 0 Å². The van der Waals surface area contributed by atoms with E-state index in [0.29, 0.717) is 5.92 Å². The number of nitrogens with zero attached hydrogens (tertiary/aromatic N) is 1. The van der Waals surface area contributed by atoms with E-state index in [1.807, 2.05) is 0 Å². The molecule has 15 heavy (non-hydrogen) atoms. The van der Waals surface area contributed by atoms with Crippen molar-refractivity contribution in [3.8, 4) is 0 Å². The van der Waals surface area contributed by atoms with Crippen LogP contribution in [0.4, 0.5) is 0 Å². The first-order chi connectivity index (χ1) is 6.79. The summed E-state index contributed by atoms with van der Waals surface area (Å²) in [7, 11) is 0. The monoisotopic (exact) mass is 208 g/mol. The van der Waals surface area contributed by atoms with Gasteiger partial charge >= 0.3 is 0 Å². The predicted molar refractivity (Wildman–Crippen MR) is 65.2 cm³/mol. The van der Waals surface area contributed by atoms with E-state index in [1.54, 1.807) is 0 Å². The average molecular weight is 208 g/mol.